The average Bonchev–Trinajstić information content (AvgIpc) is 3.51. The minimum Gasteiger partial charge on any atom is -0.497 e. The lowest BCUT2D eigenvalue weighted by Gasteiger charge is -2.15. The fraction of sp³-hybridized carbons (Fsp3) is 0.238. The maximum absolute atomic E-state index is 13.2. The normalized spacial score (nSPS) is 12.5. The number of pyridine rings is 1. The van der Waals surface area contributed by atoms with Gasteiger partial charge in [-0.25, -0.2) is 9.97 Å². The van der Waals surface area contributed by atoms with Gasteiger partial charge in [-0.3, -0.25) is 9.48 Å². The molecule has 0 amide bonds. The fourth-order valence-electron chi connectivity index (χ4n) is 3.60. The van der Waals surface area contributed by atoms with Crippen molar-refractivity contribution in [1.29, 1.82) is 0 Å². The number of ether oxygens (including phenoxy) is 1. The van der Waals surface area contributed by atoms with E-state index in [4.69, 9.17) is 9.15 Å². The molecule has 0 bridgehead atoms. The van der Waals surface area contributed by atoms with Gasteiger partial charge in [0, 0.05) is 18.8 Å². The fourth-order valence-corrected chi connectivity index (χ4v) is 3.60. The maximum atomic E-state index is 13.2. The van der Waals surface area contributed by atoms with E-state index in [-0.39, 0.29) is 11.6 Å². The molecule has 5 aromatic rings. The number of aryl methyl sites for hydroxylation is 1. The summed E-state index contributed by atoms with van der Waals surface area (Å²) in [7, 11) is 1.61. The molecular formula is C21H21N7O3. The molecule has 0 unspecified atom stereocenters. The number of anilines is 1. The molecule has 0 spiro atoms. The van der Waals surface area contributed by atoms with Gasteiger partial charge in [0.1, 0.15) is 34.6 Å². The summed E-state index contributed by atoms with van der Waals surface area (Å²) in [4.78, 5) is 28.2. The Labute approximate surface area is 176 Å². The molecule has 0 aliphatic heterocycles. The Hall–Kier alpha value is -4.08. The summed E-state index contributed by atoms with van der Waals surface area (Å²) in [6.07, 6.45) is 4.76. The molecule has 31 heavy (non-hydrogen) atoms. The van der Waals surface area contributed by atoms with Crippen LogP contribution >= 0.6 is 0 Å². The number of oxazole rings is 1. The van der Waals surface area contributed by atoms with Crippen LogP contribution in [0.15, 0.2) is 46.3 Å². The van der Waals surface area contributed by atoms with Crippen molar-refractivity contribution < 1.29 is 9.15 Å². The van der Waals surface area contributed by atoms with Crippen molar-refractivity contribution in [3.63, 3.8) is 0 Å². The molecule has 0 aliphatic rings. The van der Waals surface area contributed by atoms with Gasteiger partial charge in [0.2, 0.25) is 0 Å². The summed E-state index contributed by atoms with van der Waals surface area (Å²) in [5.74, 6) is 1.14. The van der Waals surface area contributed by atoms with E-state index in [0.29, 0.717) is 46.1 Å². The SMILES string of the molecule is CCn1cc2[nH]c(=O)c(-c3nc4ccc(OC)cc4[nH]3)c(N[C@@H](C)c3cocn3)c2n1. The quantitative estimate of drug-likeness (QED) is 0.385. The molecule has 0 aliphatic carbocycles. The number of aromatic amines is 2. The lowest BCUT2D eigenvalue weighted by molar-refractivity contribution is 0.415. The molecule has 10 nitrogen and oxygen atoms in total. The zero-order valence-electron chi connectivity index (χ0n) is 17.3. The Kier molecular flexibility index (Phi) is 4.46. The van der Waals surface area contributed by atoms with Crippen LogP contribution in [0.5, 0.6) is 5.75 Å². The molecular weight excluding hydrogens is 398 g/mol. The molecule has 1 atom stereocenters. The first-order valence-corrected chi connectivity index (χ1v) is 9.89. The van der Waals surface area contributed by atoms with Gasteiger partial charge >= 0.3 is 0 Å². The van der Waals surface area contributed by atoms with Crippen molar-refractivity contribution in [3.05, 3.63) is 53.1 Å². The molecule has 0 radical (unpaired) electrons. The number of methoxy groups -OCH3 is 1. The first-order valence-electron chi connectivity index (χ1n) is 9.89. The summed E-state index contributed by atoms with van der Waals surface area (Å²) >= 11 is 0. The standard InChI is InChI=1S/C21H21N7O3/c1-4-28-8-15-18(27-28)19(23-11(2)16-9-31-10-22-16)17(21(29)26-15)20-24-13-6-5-12(30-3)7-14(13)25-20/h5-11,23H,4H2,1-3H3,(H,24,25)(H,26,29)/t11-/m0/s1. The van der Waals surface area contributed by atoms with Crippen LogP contribution in [-0.4, -0.2) is 36.8 Å². The van der Waals surface area contributed by atoms with Crippen molar-refractivity contribution in [2.24, 2.45) is 0 Å². The monoisotopic (exact) mass is 419 g/mol. The molecule has 0 fully saturated rings. The molecule has 4 heterocycles. The lowest BCUT2D eigenvalue weighted by atomic mass is 10.1. The smallest absolute Gasteiger partial charge is 0.261 e. The van der Waals surface area contributed by atoms with Crippen LogP contribution in [0.25, 0.3) is 33.5 Å². The average molecular weight is 419 g/mol. The Morgan fingerprint density at radius 3 is 2.90 bits per heavy atom. The van der Waals surface area contributed by atoms with Gasteiger partial charge in [-0.15, -0.1) is 0 Å². The summed E-state index contributed by atoms with van der Waals surface area (Å²) in [5.41, 5.74) is 4.17. The van der Waals surface area contributed by atoms with Gasteiger partial charge in [0.05, 0.1) is 35.4 Å². The van der Waals surface area contributed by atoms with E-state index < -0.39 is 0 Å². The predicted octanol–water partition coefficient (Wildman–Crippen LogP) is 3.46. The molecule has 0 saturated heterocycles. The predicted molar refractivity (Wildman–Crippen MR) is 116 cm³/mol. The zero-order chi connectivity index (χ0) is 21.5. The minimum absolute atomic E-state index is 0.223. The zero-order valence-corrected chi connectivity index (χ0v) is 17.3. The summed E-state index contributed by atoms with van der Waals surface area (Å²) in [5, 5.41) is 8.05. The first kappa shape index (κ1) is 18.9. The largest absolute Gasteiger partial charge is 0.497 e. The van der Waals surface area contributed by atoms with Crippen molar-refractivity contribution in [2.75, 3.05) is 12.4 Å². The van der Waals surface area contributed by atoms with E-state index in [0.717, 1.165) is 11.0 Å². The number of H-pyrrole nitrogens is 2. The highest BCUT2D eigenvalue weighted by Crippen LogP contribution is 2.33. The van der Waals surface area contributed by atoms with E-state index in [1.165, 1.54) is 6.39 Å². The van der Waals surface area contributed by atoms with Crippen LogP contribution in [0.4, 0.5) is 5.69 Å². The molecule has 4 aromatic heterocycles. The second-order valence-corrected chi connectivity index (χ2v) is 7.20. The van der Waals surface area contributed by atoms with Crippen LogP contribution < -0.4 is 15.6 Å². The topological polar surface area (TPSA) is 127 Å². The summed E-state index contributed by atoms with van der Waals surface area (Å²) in [6.45, 7) is 4.60. The van der Waals surface area contributed by atoms with Crippen LogP contribution in [0.3, 0.4) is 0 Å². The second kappa shape index (κ2) is 7.31. The van der Waals surface area contributed by atoms with Gasteiger partial charge in [-0.1, -0.05) is 0 Å². The number of benzene rings is 1. The van der Waals surface area contributed by atoms with E-state index in [1.807, 2.05) is 38.2 Å². The number of hydrogen-bond donors (Lipinski definition) is 3. The number of imidazole rings is 1. The lowest BCUT2D eigenvalue weighted by Crippen LogP contribution is -2.16. The molecule has 5 rings (SSSR count). The van der Waals surface area contributed by atoms with E-state index in [1.54, 1.807) is 18.1 Å². The minimum atomic E-state index is -0.274. The third-order valence-corrected chi connectivity index (χ3v) is 5.23. The molecule has 1 aromatic carbocycles. The number of fused-ring (bicyclic) bond motifs is 2. The van der Waals surface area contributed by atoms with Crippen LogP contribution in [-0.2, 0) is 6.54 Å². The summed E-state index contributed by atoms with van der Waals surface area (Å²) in [6, 6.07) is 5.29. The van der Waals surface area contributed by atoms with E-state index >= 15 is 0 Å². The molecule has 0 saturated carbocycles. The van der Waals surface area contributed by atoms with Crippen molar-refractivity contribution in [3.8, 4) is 17.1 Å². The Bertz CT molecular complexity index is 1430. The van der Waals surface area contributed by atoms with Gasteiger partial charge < -0.3 is 24.4 Å². The molecule has 158 valence electrons. The molecule has 3 N–H and O–H groups in total. The van der Waals surface area contributed by atoms with Crippen molar-refractivity contribution >= 4 is 27.8 Å². The highest BCUT2D eigenvalue weighted by atomic mass is 16.5. The molecule has 10 heteroatoms. The Balaban J connectivity index is 1.73. The maximum Gasteiger partial charge on any atom is 0.261 e. The number of hydrogen-bond acceptors (Lipinski definition) is 7. The van der Waals surface area contributed by atoms with E-state index in [9.17, 15) is 4.79 Å². The van der Waals surface area contributed by atoms with Gasteiger partial charge in [0.15, 0.2) is 6.39 Å². The third kappa shape index (κ3) is 3.21. The van der Waals surface area contributed by atoms with Crippen LogP contribution in [0.2, 0.25) is 0 Å². The van der Waals surface area contributed by atoms with Gasteiger partial charge in [-0.2, -0.15) is 5.10 Å². The highest BCUT2D eigenvalue weighted by molar-refractivity contribution is 5.96. The van der Waals surface area contributed by atoms with Crippen LogP contribution in [0.1, 0.15) is 25.6 Å². The van der Waals surface area contributed by atoms with Crippen molar-refractivity contribution in [2.45, 2.75) is 26.4 Å². The van der Waals surface area contributed by atoms with Gasteiger partial charge in [0.25, 0.3) is 5.56 Å². The van der Waals surface area contributed by atoms with E-state index in [2.05, 4.69) is 30.4 Å². The van der Waals surface area contributed by atoms with Crippen molar-refractivity contribution in [1.82, 2.24) is 29.7 Å². The Morgan fingerprint density at radius 2 is 2.16 bits per heavy atom. The summed E-state index contributed by atoms with van der Waals surface area (Å²) < 4.78 is 12.2. The third-order valence-electron chi connectivity index (χ3n) is 5.23. The number of nitrogens with zero attached hydrogens (tertiary/aromatic N) is 4. The second-order valence-electron chi connectivity index (χ2n) is 7.20. The Morgan fingerprint density at radius 1 is 1.29 bits per heavy atom. The number of nitrogens with one attached hydrogen (secondary N) is 3. The first-order chi connectivity index (χ1) is 15.1. The van der Waals surface area contributed by atoms with Gasteiger partial charge in [-0.05, 0) is 26.0 Å². The number of aromatic nitrogens is 6. The van der Waals surface area contributed by atoms with Crippen LogP contribution in [0, 0.1) is 0 Å². The highest BCUT2D eigenvalue weighted by Gasteiger charge is 2.22. The number of rotatable bonds is 6.